The predicted octanol–water partition coefficient (Wildman–Crippen LogP) is -0.750. The Morgan fingerprint density at radius 3 is 1.67 bits per heavy atom. The summed E-state index contributed by atoms with van der Waals surface area (Å²) in [6.07, 6.45) is 0. The molecule has 0 heterocycles. The van der Waals surface area contributed by atoms with Crippen LogP contribution in [0.4, 0.5) is 4.79 Å². The summed E-state index contributed by atoms with van der Waals surface area (Å²) in [5.74, 6) is 0. The summed E-state index contributed by atoms with van der Waals surface area (Å²) >= 11 is 3.43. The van der Waals surface area contributed by atoms with Gasteiger partial charge in [-0.3, -0.25) is 0 Å². The van der Waals surface area contributed by atoms with Crippen molar-refractivity contribution in [2.75, 3.05) is 0 Å². The molecule has 0 aliphatic carbocycles. The van der Waals surface area contributed by atoms with E-state index >= 15 is 0 Å². The van der Waals surface area contributed by atoms with Gasteiger partial charge in [0.05, 0.1) is 0 Å². The van der Waals surface area contributed by atoms with Gasteiger partial charge in [0, 0.05) is 0 Å². The van der Waals surface area contributed by atoms with E-state index in [1.54, 1.807) is 0 Å². The molecule has 0 saturated heterocycles. The van der Waals surface area contributed by atoms with Crippen LogP contribution in [0, 0.1) is 0 Å². The molecule has 0 aromatic carbocycles. The van der Waals surface area contributed by atoms with E-state index in [4.69, 9.17) is 9.90 Å². The van der Waals surface area contributed by atoms with Crippen LogP contribution in [-0.4, -0.2) is 5.30 Å². The smallest absolute Gasteiger partial charge is 0.764 e. The molecular weight excluding hydrogens is 154 g/mol. The van der Waals surface area contributed by atoms with E-state index in [2.05, 4.69) is 12.6 Å². The SMILES string of the molecule is O=C([O-])[S-].[Cu+].[NH4+]. The number of carbonyl (C=O) groups excluding carboxylic acids is 1. The van der Waals surface area contributed by atoms with Gasteiger partial charge in [-0.15, -0.1) is 0 Å². The summed E-state index contributed by atoms with van der Waals surface area (Å²) in [5, 5.41) is 7.20. The van der Waals surface area contributed by atoms with Gasteiger partial charge in [-0.2, -0.15) is 0 Å². The standard InChI is InChI=1S/CH2O2S.Cu.H3N/c2-1(3)4;;/h4H,(H,2,3);;1H3/q;+1;/p-1. The zero-order chi connectivity index (χ0) is 3.58. The van der Waals surface area contributed by atoms with E-state index < -0.39 is 5.30 Å². The van der Waals surface area contributed by atoms with Crippen molar-refractivity contribution < 1.29 is 27.0 Å². The fourth-order valence-electron chi connectivity index (χ4n) is 0. The van der Waals surface area contributed by atoms with Crippen molar-refractivity contribution in [2.45, 2.75) is 0 Å². The number of carbonyl (C=O) groups is 1. The van der Waals surface area contributed by atoms with Gasteiger partial charge in [-0.05, 0) is 0 Å². The maximum atomic E-state index is 8.70. The Kier molecular flexibility index (Phi) is 24.5. The molecule has 6 heavy (non-hydrogen) atoms. The predicted molar refractivity (Wildman–Crippen MR) is 18.7 cm³/mol. The Balaban J connectivity index is -0.0000000450. The molecule has 4 N–H and O–H groups in total. The molecule has 0 rings (SSSR count). The van der Waals surface area contributed by atoms with Gasteiger partial charge in [0.2, 0.25) is 0 Å². The van der Waals surface area contributed by atoms with Gasteiger partial charge in [0.15, 0.2) is 0 Å². The number of carboxylic acid groups (broad SMARTS) is 1. The average Bonchev–Trinajstić information content (AvgIpc) is 0.811. The van der Waals surface area contributed by atoms with E-state index in [0.29, 0.717) is 0 Å². The molecule has 0 aliphatic rings. The number of quaternary nitrogens is 1. The van der Waals surface area contributed by atoms with Gasteiger partial charge in [-0.1, -0.05) is 5.30 Å². The Bertz CT molecular complexity index is 36.5. The molecule has 0 saturated carbocycles. The molecule has 3 nitrogen and oxygen atoms in total. The zero-order valence-electron chi connectivity index (χ0n) is 3.03. The van der Waals surface area contributed by atoms with Crippen molar-refractivity contribution in [3.8, 4) is 0 Å². The molecule has 0 atom stereocenters. The quantitative estimate of drug-likeness (QED) is 0.371. The summed E-state index contributed by atoms with van der Waals surface area (Å²) in [6.45, 7) is 0. The minimum absolute atomic E-state index is 0. The van der Waals surface area contributed by atoms with Crippen LogP contribution < -0.4 is 11.3 Å². The summed E-state index contributed by atoms with van der Waals surface area (Å²) in [4.78, 5) is 8.70. The maximum absolute atomic E-state index is 8.70. The van der Waals surface area contributed by atoms with E-state index in [0.717, 1.165) is 0 Å². The van der Waals surface area contributed by atoms with E-state index in [1.165, 1.54) is 0 Å². The first-order valence-corrected chi connectivity index (χ1v) is 1.02. The first-order valence-electron chi connectivity index (χ1n) is 0.612. The van der Waals surface area contributed by atoms with Crippen molar-refractivity contribution >= 4 is 17.9 Å². The molecule has 0 fully saturated rings. The third-order valence-corrected chi connectivity index (χ3v) is 0. The average molecular weight is 158 g/mol. The maximum Gasteiger partial charge on any atom is 1.00 e. The second-order valence-corrected chi connectivity index (χ2v) is 0.583. The largest absolute Gasteiger partial charge is 1.00 e. The molecule has 0 aliphatic heterocycles. The fraction of sp³-hybridized carbons (Fsp3) is 0. The molecular formula is CH4CuNO2S. The number of hydrogen-bond acceptors (Lipinski definition) is 3. The Morgan fingerprint density at radius 1 is 1.67 bits per heavy atom. The molecule has 0 aromatic heterocycles. The molecule has 42 valence electrons. The fourth-order valence-corrected chi connectivity index (χ4v) is 0. The van der Waals surface area contributed by atoms with Crippen LogP contribution in [0.25, 0.3) is 0 Å². The van der Waals surface area contributed by atoms with E-state index in [1.807, 2.05) is 0 Å². The zero-order valence-corrected chi connectivity index (χ0v) is 4.78. The van der Waals surface area contributed by atoms with Crippen LogP contribution in [0.3, 0.4) is 0 Å². The van der Waals surface area contributed by atoms with Crippen LogP contribution in [-0.2, 0) is 29.7 Å². The van der Waals surface area contributed by atoms with Crippen LogP contribution in [0.1, 0.15) is 0 Å². The van der Waals surface area contributed by atoms with Crippen molar-refractivity contribution in [3.63, 3.8) is 0 Å². The molecule has 5 heteroatoms. The Hall–Kier alpha value is 0.169. The van der Waals surface area contributed by atoms with Crippen LogP contribution in [0.5, 0.6) is 0 Å². The monoisotopic (exact) mass is 157 g/mol. The molecule has 0 aromatic rings. The normalized spacial score (nSPS) is 4.00. The third kappa shape index (κ3) is 1460. The second kappa shape index (κ2) is 8.95. The minimum atomic E-state index is -1.50. The molecule has 0 amide bonds. The molecule has 0 unspecified atom stereocenters. The van der Waals surface area contributed by atoms with Gasteiger partial charge >= 0.3 is 17.1 Å². The summed E-state index contributed by atoms with van der Waals surface area (Å²) in [6, 6.07) is 0. The Labute approximate surface area is 51.6 Å². The van der Waals surface area contributed by atoms with Crippen LogP contribution >= 0.6 is 0 Å². The van der Waals surface area contributed by atoms with Gasteiger partial charge in [0.25, 0.3) is 0 Å². The van der Waals surface area contributed by atoms with Crippen molar-refractivity contribution in [3.05, 3.63) is 0 Å². The molecule has 0 radical (unpaired) electrons. The molecule has 0 spiro atoms. The van der Waals surface area contributed by atoms with E-state index in [-0.39, 0.29) is 23.2 Å². The third-order valence-electron chi connectivity index (χ3n) is 0. The van der Waals surface area contributed by atoms with E-state index in [9.17, 15) is 0 Å². The summed E-state index contributed by atoms with van der Waals surface area (Å²) in [7, 11) is 0. The van der Waals surface area contributed by atoms with Gasteiger partial charge < -0.3 is 28.7 Å². The second-order valence-electron chi connectivity index (χ2n) is 0.250. The Morgan fingerprint density at radius 2 is 1.67 bits per heavy atom. The molecule has 0 bridgehead atoms. The van der Waals surface area contributed by atoms with Crippen LogP contribution in [0.2, 0.25) is 0 Å². The van der Waals surface area contributed by atoms with Crippen molar-refractivity contribution in [1.29, 1.82) is 0 Å². The minimum Gasteiger partial charge on any atom is -0.764 e. The van der Waals surface area contributed by atoms with Gasteiger partial charge in [-0.25, -0.2) is 0 Å². The van der Waals surface area contributed by atoms with Gasteiger partial charge in [0.1, 0.15) is 0 Å². The first kappa shape index (κ1) is 16.4. The van der Waals surface area contributed by atoms with Crippen molar-refractivity contribution in [2.24, 2.45) is 0 Å². The number of hydrogen-bond donors (Lipinski definition) is 1. The summed E-state index contributed by atoms with van der Waals surface area (Å²) < 4.78 is 0. The first-order chi connectivity index (χ1) is 1.73. The number of rotatable bonds is 0. The topological polar surface area (TPSA) is 76.6 Å². The summed E-state index contributed by atoms with van der Waals surface area (Å²) in [5.41, 5.74) is 0. The van der Waals surface area contributed by atoms with Crippen molar-refractivity contribution in [1.82, 2.24) is 6.15 Å². The van der Waals surface area contributed by atoms with Crippen LogP contribution in [0.15, 0.2) is 0 Å².